The van der Waals surface area contributed by atoms with Crippen LogP contribution in [0.1, 0.15) is 43.0 Å². The van der Waals surface area contributed by atoms with Crippen LogP contribution >= 0.6 is 11.6 Å². The summed E-state index contributed by atoms with van der Waals surface area (Å²) in [7, 11) is 2.11. The molecule has 0 unspecified atom stereocenters. The lowest BCUT2D eigenvalue weighted by Gasteiger charge is -2.28. The Hall–Kier alpha value is -0.870. The fraction of sp³-hybridized carbons (Fsp3) is 0.733. The highest BCUT2D eigenvalue weighted by Crippen LogP contribution is 2.40. The van der Waals surface area contributed by atoms with Crippen LogP contribution in [0.25, 0.3) is 0 Å². The zero-order valence-corrected chi connectivity index (χ0v) is 13.0. The van der Waals surface area contributed by atoms with Crippen molar-refractivity contribution in [2.24, 2.45) is 5.92 Å². The van der Waals surface area contributed by atoms with Gasteiger partial charge in [0.1, 0.15) is 16.8 Å². The summed E-state index contributed by atoms with van der Waals surface area (Å²) in [5.41, 5.74) is 0.991. The van der Waals surface area contributed by atoms with Crippen molar-refractivity contribution in [3.8, 4) is 0 Å². The van der Waals surface area contributed by atoms with Gasteiger partial charge in [-0.05, 0) is 38.5 Å². The highest BCUT2D eigenvalue weighted by molar-refractivity contribution is 6.30. The van der Waals surface area contributed by atoms with Crippen LogP contribution in [-0.2, 0) is 4.74 Å². The van der Waals surface area contributed by atoms with Crippen molar-refractivity contribution in [3.05, 3.63) is 16.5 Å². The minimum atomic E-state index is 0.531. The predicted molar refractivity (Wildman–Crippen MR) is 80.6 cm³/mol. The Balaban J connectivity index is 1.76. The molecule has 0 bridgehead atoms. The summed E-state index contributed by atoms with van der Waals surface area (Å²) in [6.45, 7) is 4.79. The van der Waals surface area contributed by atoms with Gasteiger partial charge in [-0.15, -0.1) is 0 Å². The topological polar surface area (TPSA) is 38.2 Å². The van der Waals surface area contributed by atoms with E-state index in [1.165, 1.54) is 12.8 Å². The largest absolute Gasteiger partial charge is 0.381 e. The standard InChI is InChI=1S/C15H22ClN3O/c1-10-13(16)17-14(12-3-4-12)18-15(10)19(2)9-11-5-7-20-8-6-11/h11-12H,3-9H2,1-2H3. The maximum Gasteiger partial charge on any atom is 0.137 e. The predicted octanol–water partition coefficient (Wildman–Crippen LogP) is 3.18. The second kappa shape index (κ2) is 5.86. The average molecular weight is 296 g/mol. The smallest absolute Gasteiger partial charge is 0.137 e. The average Bonchev–Trinajstić information content (AvgIpc) is 3.27. The van der Waals surface area contributed by atoms with E-state index in [-0.39, 0.29) is 0 Å². The van der Waals surface area contributed by atoms with Gasteiger partial charge in [0.25, 0.3) is 0 Å². The van der Waals surface area contributed by atoms with Crippen molar-refractivity contribution in [1.82, 2.24) is 9.97 Å². The molecule has 0 radical (unpaired) electrons. The molecule has 4 nitrogen and oxygen atoms in total. The number of anilines is 1. The molecular weight excluding hydrogens is 274 g/mol. The van der Waals surface area contributed by atoms with Crippen LogP contribution in [0.4, 0.5) is 5.82 Å². The van der Waals surface area contributed by atoms with E-state index in [1.807, 2.05) is 6.92 Å². The van der Waals surface area contributed by atoms with Crippen molar-refractivity contribution in [2.75, 3.05) is 31.7 Å². The summed E-state index contributed by atoms with van der Waals surface area (Å²) in [6, 6.07) is 0. The molecule has 0 atom stereocenters. The molecule has 0 spiro atoms. The van der Waals surface area contributed by atoms with Crippen LogP contribution in [0.5, 0.6) is 0 Å². The second-order valence-electron chi connectivity index (χ2n) is 6.03. The van der Waals surface area contributed by atoms with E-state index in [9.17, 15) is 0 Å². The summed E-state index contributed by atoms with van der Waals surface area (Å²) in [5, 5.41) is 0.607. The van der Waals surface area contributed by atoms with Crippen molar-refractivity contribution < 1.29 is 4.74 Å². The zero-order chi connectivity index (χ0) is 14.1. The van der Waals surface area contributed by atoms with Crippen LogP contribution < -0.4 is 4.90 Å². The first-order valence-corrected chi connectivity index (χ1v) is 7.86. The van der Waals surface area contributed by atoms with Crippen molar-refractivity contribution >= 4 is 17.4 Å². The minimum Gasteiger partial charge on any atom is -0.381 e. The highest BCUT2D eigenvalue weighted by atomic mass is 35.5. The molecule has 1 aromatic rings. The van der Waals surface area contributed by atoms with Crippen molar-refractivity contribution in [3.63, 3.8) is 0 Å². The Labute approximate surface area is 125 Å². The molecule has 2 heterocycles. The maximum absolute atomic E-state index is 6.28. The molecule has 3 rings (SSSR count). The van der Waals surface area contributed by atoms with Crippen molar-refractivity contribution in [1.29, 1.82) is 0 Å². The van der Waals surface area contributed by atoms with Gasteiger partial charge in [-0.25, -0.2) is 9.97 Å². The third kappa shape index (κ3) is 3.07. The highest BCUT2D eigenvalue weighted by Gasteiger charge is 2.29. The molecule has 2 fully saturated rings. The lowest BCUT2D eigenvalue weighted by atomic mass is 10.00. The summed E-state index contributed by atoms with van der Waals surface area (Å²) in [5.74, 6) is 3.14. The first kappa shape index (κ1) is 14.1. The second-order valence-corrected chi connectivity index (χ2v) is 6.39. The van der Waals surface area contributed by atoms with Crippen LogP contribution in [0, 0.1) is 12.8 Å². The van der Waals surface area contributed by atoms with Gasteiger partial charge < -0.3 is 9.64 Å². The fourth-order valence-corrected chi connectivity index (χ4v) is 2.96. The summed E-state index contributed by atoms with van der Waals surface area (Å²) >= 11 is 6.28. The third-order valence-electron chi connectivity index (χ3n) is 4.26. The maximum atomic E-state index is 6.28. The number of hydrogen-bond donors (Lipinski definition) is 0. The first-order valence-electron chi connectivity index (χ1n) is 7.48. The van der Waals surface area contributed by atoms with E-state index in [2.05, 4.69) is 16.9 Å². The van der Waals surface area contributed by atoms with E-state index in [0.717, 1.165) is 49.8 Å². The Morgan fingerprint density at radius 1 is 1.20 bits per heavy atom. The van der Waals surface area contributed by atoms with E-state index >= 15 is 0 Å². The molecule has 0 N–H and O–H groups in total. The van der Waals surface area contributed by atoms with Crippen molar-refractivity contribution in [2.45, 2.75) is 38.5 Å². The normalized spacial score (nSPS) is 20.1. The number of rotatable bonds is 4. The fourth-order valence-electron chi connectivity index (χ4n) is 2.79. The number of hydrogen-bond acceptors (Lipinski definition) is 4. The molecule has 2 aliphatic rings. The third-order valence-corrected chi connectivity index (χ3v) is 4.62. The monoisotopic (exact) mass is 295 g/mol. The van der Waals surface area contributed by atoms with Crippen LogP contribution in [0.2, 0.25) is 5.15 Å². The van der Waals surface area contributed by atoms with E-state index in [0.29, 0.717) is 17.0 Å². The lowest BCUT2D eigenvalue weighted by molar-refractivity contribution is 0.0685. The summed E-state index contributed by atoms with van der Waals surface area (Å²) in [4.78, 5) is 11.4. The molecule has 1 aliphatic carbocycles. The van der Waals surface area contributed by atoms with E-state index in [1.54, 1.807) is 0 Å². The number of aromatic nitrogens is 2. The molecular formula is C15H22ClN3O. The molecule has 20 heavy (non-hydrogen) atoms. The van der Waals surface area contributed by atoms with Crippen LogP contribution in [0.15, 0.2) is 0 Å². The quantitative estimate of drug-likeness (QED) is 0.800. The van der Waals surface area contributed by atoms with Gasteiger partial charge in [0, 0.05) is 38.3 Å². The molecule has 1 saturated heterocycles. The van der Waals surface area contributed by atoms with Gasteiger partial charge in [0.2, 0.25) is 0 Å². The summed E-state index contributed by atoms with van der Waals surface area (Å²) in [6.07, 6.45) is 4.67. The molecule has 1 aliphatic heterocycles. The Morgan fingerprint density at radius 3 is 2.55 bits per heavy atom. The zero-order valence-electron chi connectivity index (χ0n) is 12.2. The molecule has 0 aromatic carbocycles. The Bertz CT molecular complexity index is 484. The number of halogens is 1. The minimum absolute atomic E-state index is 0.531. The van der Waals surface area contributed by atoms with Gasteiger partial charge in [0.05, 0.1) is 0 Å². The van der Waals surface area contributed by atoms with Gasteiger partial charge in [0.15, 0.2) is 0 Å². The molecule has 110 valence electrons. The van der Waals surface area contributed by atoms with E-state index in [4.69, 9.17) is 21.3 Å². The molecule has 5 heteroatoms. The molecule has 1 saturated carbocycles. The lowest BCUT2D eigenvalue weighted by Crippen LogP contribution is -2.30. The van der Waals surface area contributed by atoms with Crippen LogP contribution in [0.3, 0.4) is 0 Å². The van der Waals surface area contributed by atoms with Crippen LogP contribution in [-0.4, -0.2) is 36.8 Å². The number of nitrogens with zero attached hydrogens (tertiary/aromatic N) is 3. The van der Waals surface area contributed by atoms with Gasteiger partial charge >= 0.3 is 0 Å². The Morgan fingerprint density at radius 2 is 1.90 bits per heavy atom. The summed E-state index contributed by atoms with van der Waals surface area (Å²) < 4.78 is 5.42. The van der Waals surface area contributed by atoms with Gasteiger partial charge in [-0.1, -0.05) is 11.6 Å². The van der Waals surface area contributed by atoms with Gasteiger partial charge in [-0.3, -0.25) is 0 Å². The van der Waals surface area contributed by atoms with Gasteiger partial charge in [-0.2, -0.15) is 0 Å². The number of ether oxygens (including phenoxy) is 1. The molecule has 0 amide bonds. The SMILES string of the molecule is Cc1c(Cl)nc(C2CC2)nc1N(C)CC1CCOCC1. The Kier molecular flexibility index (Phi) is 4.13. The first-order chi connectivity index (χ1) is 9.65. The molecule has 1 aromatic heterocycles. The van der Waals surface area contributed by atoms with E-state index < -0.39 is 0 Å².